The van der Waals surface area contributed by atoms with Crippen molar-refractivity contribution in [1.82, 2.24) is 19.9 Å². The number of hydrogen-bond donors (Lipinski definition) is 2. The molecule has 0 saturated carbocycles. The molecule has 84 valence electrons. The zero-order valence-electron chi connectivity index (χ0n) is 9.19. The van der Waals surface area contributed by atoms with Gasteiger partial charge in [0.1, 0.15) is 0 Å². The number of aromatic nitrogens is 4. The summed E-state index contributed by atoms with van der Waals surface area (Å²) in [6, 6.07) is 0. The maximum Gasteiger partial charge on any atom is 0.280 e. The van der Waals surface area contributed by atoms with E-state index in [2.05, 4.69) is 33.8 Å². The highest BCUT2D eigenvalue weighted by Crippen LogP contribution is 2.07. The van der Waals surface area contributed by atoms with Crippen LogP contribution in [0.4, 0.5) is 5.95 Å². The molecule has 0 atom stereocenters. The first-order chi connectivity index (χ1) is 7.56. The van der Waals surface area contributed by atoms with Gasteiger partial charge in [0.25, 0.3) is 5.56 Å². The Morgan fingerprint density at radius 1 is 1.44 bits per heavy atom. The Bertz CT molecular complexity index is 575. The molecule has 2 heterocycles. The van der Waals surface area contributed by atoms with E-state index >= 15 is 0 Å². The first-order valence-electron chi connectivity index (χ1n) is 5.07. The van der Waals surface area contributed by atoms with Crippen LogP contribution in [0, 0.1) is 5.92 Å². The van der Waals surface area contributed by atoms with Gasteiger partial charge in [0.15, 0.2) is 11.2 Å². The summed E-state index contributed by atoms with van der Waals surface area (Å²) in [6.45, 7) is 4.16. The number of nitrogens with one attached hydrogen (secondary N) is 1. The number of rotatable bonds is 2. The second-order valence-corrected chi connectivity index (χ2v) is 4.08. The second-order valence-electron chi connectivity index (χ2n) is 4.08. The summed E-state index contributed by atoms with van der Waals surface area (Å²) in [5.41, 5.74) is 6.38. The van der Waals surface area contributed by atoms with E-state index in [9.17, 15) is 4.79 Å². The number of nitrogens with two attached hydrogens (primary N) is 1. The topological polar surface area (TPSA) is 97.5 Å². The van der Waals surface area contributed by atoms with E-state index < -0.39 is 0 Å². The summed E-state index contributed by atoms with van der Waals surface area (Å²) in [5.74, 6) is 0.524. The van der Waals surface area contributed by atoms with Crippen molar-refractivity contribution in [2.24, 2.45) is 5.92 Å². The monoisotopic (exact) mass is 219 g/mol. The van der Waals surface area contributed by atoms with E-state index in [-0.39, 0.29) is 22.7 Å². The predicted molar refractivity (Wildman–Crippen MR) is 60.9 cm³/mol. The van der Waals surface area contributed by atoms with E-state index in [0.717, 1.165) is 12.1 Å². The predicted octanol–water partition coefficient (Wildman–Crippen LogP) is 0.494. The molecular weight excluding hydrogens is 206 g/mol. The molecular formula is C10H13N5O. The largest absolute Gasteiger partial charge is 0.369 e. The normalized spacial score (nSPS) is 11.2. The number of H-pyrrole nitrogens is 1. The molecule has 3 N–H and O–H groups in total. The maximum absolute atomic E-state index is 11.6. The average molecular weight is 219 g/mol. The Hall–Kier alpha value is -1.98. The third kappa shape index (κ3) is 2.00. The first-order valence-corrected chi connectivity index (χ1v) is 5.07. The summed E-state index contributed by atoms with van der Waals surface area (Å²) in [6.07, 6.45) is 2.42. The molecule has 0 aliphatic heterocycles. The van der Waals surface area contributed by atoms with E-state index in [0.29, 0.717) is 5.92 Å². The molecule has 16 heavy (non-hydrogen) atoms. The molecule has 6 nitrogen and oxygen atoms in total. The van der Waals surface area contributed by atoms with Crippen molar-refractivity contribution in [3.63, 3.8) is 0 Å². The molecule has 0 aromatic carbocycles. The maximum atomic E-state index is 11.6. The van der Waals surface area contributed by atoms with Crippen molar-refractivity contribution >= 4 is 17.1 Å². The van der Waals surface area contributed by atoms with Gasteiger partial charge in [-0.25, -0.2) is 9.97 Å². The van der Waals surface area contributed by atoms with Crippen LogP contribution in [0.2, 0.25) is 0 Å². The fourth-order valence-electron chi connectivity index (χ4n) is 1.49. The van der Waals surface area contributed by atoms with Crippen LogP contribution in [0.25, 0.3) is 11.2 Å². The number of aromatic amines is 1. The fraction of sp³-hybridized carbons (Fsp3) is 0.400. The summed E-state index contributed by atoms with van der Waals surface area (Å²) in [5, 5.41) is 0. The standard InChI is InChI=1S/C10H13N5O/c1-5(2)3-6-4-12-8-7(13-6)9(16)15-10(11)14-8/h4-5H,3H2,1-2H3,(H3,11,12,14,15,16). The molecule has 0 radical (unpaired) electrons. The number of anilines is 1. The van der Waals surface area contributed by atoms with Crippen LogP contribution in [0.3, 0.4) is 0 Å². The van der Waals surface area contributed by atoms with Gasteiger partial charge in [0, 0.05) is 0 Å². The van der Waals surface area contributed by atoms with E-state index in [1.807, 2.05) is 0 Å². The number of fused-ring (bicyclic) bond motifs is 1. The highest BCUT2D eigenvalue weighted by Gasteiger charge is 2.07. The third-order valence-corrected chi connectivity index (χ3v) is 2.10. The zero-order valence-corrected chi connectivity index (χ0v) is 9.19. The van der Waals surface area contributed by atoms with Crippen LogP contribution >= 0.6 is 0 Å². The van der Waals surface area contributed by atoms with Crippen molar-refractivity contribution in [2.45, 2.75) is 20.3 Å². The van der Waals surface area contributed by atoms with Crippen LogP contribution in [0.15, 0.2) is 11.0 Å². The smallest absolute Gasteiger partial charge is 0.280 e. The Morgan fingerprint density at radius 2 is 2.19 bits per heavy atom. The summed E-state index contributed by atoms with van der Waals surface area (Å²) in [7, 11) is 0. The SMILES string of the molecule is CC(C)Cc1cnc2nc(N)[nH]c(=O)c2n1. The quantitative estimate of drug-likeness (QED) is 0.766. The van der Waals surface area contributed by atoms with Crippen LogP contribution in [-0.4, -0.2) is 19.9 Å². The van der Waals surface area contributed by atoms with Gasteiger partial charge < -0.3 is 5.73 Å². The molecule has 2 rings (SSSR count). The fourth-order valence-corrected chi connectivity index (χ4v) is 1.49. The average Bonchev–Trinajstić information content (AvgIpc) is 2.18. The lowest BCUT2D eigenvalue weighted by molar-refractivity contribution is 0.635. The molecule has 0 bridgehead atoms. The number of hydrogen-bond acceptors (Lipinski definition) is 5. The van der Waals surface area contributed by atoms with E-state index in [1.165, 1.54) is 0 Å². The van der Waals surface area contributed by atoms with Crippen molar-refractivity contribution in [3.8, 4) is 0 Å². The zero-order chi connectivity index (χ0) is 11.7. The molecule has 0 unspecified atom stereocenters. The minimum absolute atomic E-state index is 0.0587. The van der Waals surface area contributed by atoms with Gasteiger partial charge in [-0.1, -0.05) is 13.8 Å². The molecule has 0 aliphatic carbocycles. The van der Waals surface area contributed by atoms with Crippen LogP contribution < -0.4 is 11.3 Å². The third-order valence-electron chi connectivity index (χ3n) is 2.10. The lowest BCUT2D eigenvalue weighted by Gasteiger charge is -2.04. The summed E-state index contributed by atoms with van der Waals surface area (Å²) in [4.78, 5) is 26.2. The van der Waals surface area contributed by atoms with Gasteiger partial charge in [-0.3, -0.25) is 9.78 Å². The number of nitrogen functional groups attached to an aromatic ring is 1. The van der Waals surface area contributed by atoms with Crippen LogP contribution in [-0.2, 0) is 6.42 Å². The molecule has 0 fully saturated rings. The molecule has 0 amide bonds. The van der Waals surface area contributed by atoms with Gasteiger partial charge in [-0.15, -0.1) is 0 Å². The minimum Gasteiger partial charge on any atom is -0.369 e. The van der Waals surface area contributed by atoms with Crippen molar-refractivity contribution in [1.29, 1.82) is 0 Å². The van der Waals surface area contributed by atoms with Crippen molar-refractivity contribution < 1.29 is 0 Å². The molecule has 0 saturated heterocycles. The van der Waals surface area contributed by atoms with Gasteiger partial charge in [0.05, 0.1) is 11.9 Å². The van der Waals surface area contributed by atoms with Gasteiger partial charge in [-0.2, -0.15) is 4.98 Å². The lowest BCUT2D eigenvalue weighted by atomic mass is 10.1. The Labute approximate surface area is 92.0 Å². The second kappa shape index (κ2) is 3.88. The Morgan fingerprint density at radius 3 is 2.88 bits per heavy atom. The van der Waals surface area contributed by atoms with Crippen LogP contribution in [0.5, 0.6) is 0 Å². The van der Waals surface area contributed by atoms with Crippen LogP contribution in [0.1, 0.15) is 19.5 Å². The molecule has 0 spiro atoms. The van der Waals surface area contributed by atoms with Gasteiger partial charge in [0.2, 0.25) is 5.95 Å². The summed E-state index contributed by atoms with van der Waals surface area (Å²) >= 11 is 0. The Balaban J connectivity index is 2.58. The van der Waals surface area contributed by atoms with E-state index in [4.69, 9.17) is 5.73 Å². The Kier molecular flexibility index (Phi) is 2.55. The van der Waals surface area contributed by atoms with Crippen molar-refractivity contribution in [3.05, 3.63) is 22.2 Å². The minimum atomic E-state index is -0.347. The molecule has 2 aromatic heterocycles. The molecule has 6 heteroatoms. The first kappa shape index (κ1) is 10.5. The molecule has 0 aliphatic rings. The highest BCUT2D eigenvalue weighted by atomic mass is 16.1. The highest BCUT2D eigenvalue weighted by molar-refractivity contribution is 5.69. The van der Waals surface area contributed by atoms with Gasteiger partial charge in [-0.05, 0) is 12.3 Å². The van der Waals surface area contributed by atoms with Crippen molar-refractivity contribution in [2.75, 3.05) is 5.73 Å². The summed E-state index contributed by atoms with van der Waals surface area (Å²) < 4.78 is 0. The molecule has 2 aromatic rings. The lowest BCUT2D eigenvalue weighted by Crippen LogP contribution is -2.14. The number of nitrogens with zero attached hydrogens (tertiary/aromatic N) is 3. The van der Waals surface area contributed by atoms with Gasteiger partial charge >= 0.3 is 0 Å². The van der Waals surface area contributed by atoms with E-state index in [1.54, 1.807) is 6.20 Å².